The van der Waals surface area contributed by atoms with Crippen LogP contribution in [0.2, 0.25) is 0 Å². The minimum atomic E-state index is 0.137. The van der Waals surface area contributed by atoms with Gasteiger partial charge in [0.2, 0.25) is 0 Å². The van der Waals surface area contributed by atoms with Gasteiger partial charge in [0.05, 0.1) is 25.9 Å². The zero-order valence-corrected chi connectivity index (χ0v) is 17.3. The summed E-state index contributed by atoms with van der Waals surface area (Å²) in [5.41, 5.74) is 4.79. The van der Waals surface area contributed by atoms with E-state index in [9.17, 15) is 4.79 Å². The SMILES string of the molecule is CC[C@@H]1CN(c2cc(C(=O)Cc3ccnc(C)c3)c3c(n2)CCOCC3)CCO1. The third-order valence-electron chi connectivity index (χ3n) is 5.72. The molecule has 2 aliphatic heterocycles. The van der Waals surface area contributed by atoms with Crippen molar-refractivity contribution in [2.24, 2.45) is 0 Å². The molecule has 0 spiro atoms. The number of anilines is 1. The zero-order valence-electron chi connectivity index (χ0n) is 17.3. The van der Waals surface area contributed by atoms with Crippen LogP contribution in [0.1, 0.15) is 46.2 Å². The lowest BCUT2D eigenvalue weighted by Crippen LogP contribution is -2.42. The fraction of sp³-hybridized carbons (Fsp3) is 0.522. The normalized spacial score (nSPS) is 19.5. The molecule has 29 heavy (non-hydrogen) atoms. The molecule has 0 amide bonds. The Bertz CT molecular complexity index is 884. The Hall–Kier alpha value is -2.31. The van der Waals surface area contributed by atoms with Gasteiger partial charge in [0.1, 0.15) is 5.82 Å². The molecule has 0 aliphatic carbocycles. The first-order valence-corrected chi connectivity index (χ1v) is 10.6. The van der Waals surface area contributed by atoms with Crippen molar-refractivity contribution in [3.8, 4) is 0 Å². The molecule has 0 aromatic carbocycles. The molecule has 1 saturated heterocycles. The van der Waals surface area contributed by atoms with Crippen LogP contribution < -0.4 is 4.90 Å². The lowest BCUT2D eigenvalue weighted by atomic mass is 9.95. The van der Waals surface area contributed by atoms with Gasteiger partial charge in [-0.25, -0.2) is 4.98 Å². The summed E-state index contributed by atoms with van der Waals surface area (Å²) in [6.45, 7) is 7.69. The standard InChI is InChI=1S/C23H29N3O3/c1-3-18-15-26(8-11-29-18)23-14-20(19-5-9-28-10-6-21(19)25-23)22(27)13-17-4-7-24-16(2)12-17/h4,7,12,14,18H,3,5-6,8-11,13,15H2,1-2H3/t18-/m1/s1. The van der Waals surface area contributed by atoms with Crippen molar-refractivity contribution in [2.45, 2.75) is 45.6 Å². The molecule has 0 N–H and O–H groups in total. The number of carbonyl (C=O) groups is 1. The smallest absolute Gasteiger partial charge is 0.167 e. The van der Waals surface area contributed by atoms with E-state index in [1.165, 1.54) is 0 Å². The molecule has 154 valence electrons. The molecule has 6 nitrogen and oxygen atoms in total. The molecule has 0 unspecified atom stereocenters. The largest absolute Gasteiger partial charge is 0.381 e. The number of aromatic nitrogens is 2. The van der Waals surface area contributed by atoms with Crippen molar-refractivity contribution in [2.75, 3.05) is 37.8 Å². The summed E-state index contributed by atoms with van der Waals surface area (Å²) < 4.78 is 11.5. The molecule has 1 atom stereocenters. The highest BCUT2D eigenvalue weighted by atomic mass is 16.5. The number of ether oxygens (including phenoxy) is 2. The molecule has 2 aromatic heterocycles. The summed E-state index contributed by atoms with van der Waals surface area (Å²) in [5.74, 6) is 1.03. The number of fused-ring (bicyclic) bond motifs is 1. The highest BCUT2D eigenvalue weighted by molar-refractivity contribution is 5.99. The molecule has 4 heterocycles. The van der Waals surface area contributed by atoms with Gasteiger partial charge in [0.15, 0.2) is 5.78 Å². The lowest BCUT2D eigenvalue weighted by Gasteiger charge is -2.34. The first-order valence-electron chi connectivity index (χ1n) is 10.6. The van der Waals surface area contributed by atoms with Crippen LogP contribution in [-0.2, 0) is 28.7 Å². The average Bonchev–Trinajstić information content (AvgIpc) is 2.98. The van der Waals surface area contributed by atoms with Crippen molar-refractivity contribution in [1.29, 1.82) is 0 Å². The number of rotatable bonds is 5. The van der Waals surface area contributed by atoms with E-state index in [0.29, 0.717) is 26.2 Å². The Balaban J connectivity index is 1.68. The van der Waals surface area contributed by atoms with Gasteiger partial charge in [-0.1, -0.05) is 6.92 Å². The maximum absolute atomic E-state index is 13.3. The van der Waals surface area contributed by atoms with Gasteiger partial charge < -0.3 is 14.4 Å². The van der Waals surface area contributed by atoms with E-state index in [1.807, 2.05) is 25.1 Å². The van der Waals surface area contributed by atoms with E-state index < -0.39 is 0 Å². The van der Waals surface area contributed by atoms with Gasteiger partial charge >= 0.3 is 0 Å². The Labute approximate surface area is 172 Å². The number of hydrogen-bond donors (Lipinski definition) is 0. The van der Waals surface area contributed by atoms with E-state index in [4.69, 9.17) is 14.5 Å². The van der Waals surface area contributed by atoms with Gasteiger partial charge in [-0.3, -0.25) is 9.78 Å². The van der Waals surface area contributed by atoms with Crippen LogP contribution in [0, 0.1) is 6.92 Å². The van der Waals surface area contributed by atoms with Crippen LogP contribution in [0.3, 0.4) is 0 Å². The van der Waals surface area contributed by atoms with Gasteiger partial charge in [-0.05, 0) is 49.1 Å². The number of ketones is 1. The van der Waals surface area contributed by atoms with Gasteiger partial charge in [0.25, 0.3) is 0 Å². The second kappa shape index (κ2) is 9.01. The van der Waals surface area contributed by atoms with Crippen molar-refractivity contribution < 1.29 is 14.3 Å². The van der Waals surface area contributed by atoms with E-state index in [-0.39, 0.29) is 11.9 Å². The third-order valence-corrected chi connectivity index (χ3v) is 5.72. The fourth-order valence-corrected chi connectivity index (χ4v) is 4.12. The van der Waals surface area contributed by atoms with Crippen molar-refractivity contribution >= 4 is 11.6 Å². The van der Waals surface area contributed by atoms with Crippen molar-refractivity contribution in [1.82, 2.24) is 9.97 Å². The Morgan fingerprint density at radius 3 is 2.93 bits per heavy atom. The summed E-state index contributed by atoms with van der Waals surface area (Å²) in [4.78, 5) is 24.8. The van der Waals surface area contributed by atoms with Crippen LogP contribution in [0.25, 0.3) is 0 Å². The number of aryl methyl sites for hydroxylation is 1. The van der Waals surface area contributed by atoms with Crippen LogP contribution in [0.5, 0.6) is 0 Å². The fourth-order valence-electron chi connectivity index (χ4n) is 4.12. The summed E-state index contributed by atoms with van der Waals surface area (Å²) in [6, 6.07) is 5.90. The molecule has 1 fully saturated rings. The van der Waals surface area contributed by atoms with E-state index in [2.05, 4.69) is 16.8 Å². The van der Waals surface area contributed by atoms with E-state index >= 15 is 0 Å². The second-order valence-electron chi connectivity index (χ2n) is 7.82. The number of pyridine rings is 2. The van der Waals surface area contributed by atoms with Crippen molar-refractivity contribution in [3.05, 3.63) is 52.5 Å². The second-order valence-corrected chi connectivity index (χ2v) is 7.82. The highest BCUT2D eigenvalue weighted by Crippen LogP contribution is 2.26. The summed E-state index contributed by atoms with van der Waals surface area (Å²) in [6.07, 6.45) is 4.82. The topological polar surface area (TPSA) is 64.6 Å². The summed E-state index contributed by atoms with van der Waals surface area (Å²) in [7, 11) is 0. The lowest BCUT2D eigenvalue weighted by molar-refractivity contribution is 0.0381. The molecule has 2 aromatic rings. The van der Waals surface area contributed by atoms with E-state index in [1.54, 1.807) is 6.20 Å². The molecule has 6 heteroatoms. The summed E-state index contributed by atoms with van der Waals surface area (Å²) in [5, 5.41) is 0. The molecule has 0 bridgehead atoms. The molecule has 2 aliphatic rings. The minimum absolute atomic E-state index is 0.137. The molecule has 0 radical (unpaired) electrons. The number of Topliss-reactive ketones (excluding diaryl/α,β-unsaturated/α-hetero) is 1. The highest BCUT2D eigenvalue weighted by Gasteiger charge is 2.25. The first-order chi connectivity index (χ1) is 14.1. The molecule has 0 saturated carbocycles. The van der Waals surface area contributed by atoms with Gasteiger partial charge in [-0.2, -0.15) is 0 Å². The summed E-state index contributed by atoms with van der Waals surface area (Å²) >= 11 is 0. The third kappa shape index (κ3) is 4.65. The maximum atomic E-state index is 13.3. The predicted octanol–water partition coefficient (Wildman–Crippen LogP) is 2.94. The molecule has 4 rings (SSSR count). The number of carbonyl (C=O) groups excluding carboxylic acids is 1. The molecular weight excluding hydrogens is 366 g/mol. The Morgan fingerprint density at radius 1 is 1.24 bits per heavy atom. The Morgan fingerprint density at radius 2 is 2.10 bits per heavy atom. The van der Waals surface area contributed by atoms with Gasteiger partial charge in [0, 0.05) is 49.1 Å². The maximum Gasteiger partial charge on any atom is 0.167 e. The first kappa shape index (κ1) is 20.0. The quantitative estimate of drug-likeness (QED) is 0.726. The van der Waals surface area contributed by atoms with Crippen molar-refractivity contribution in [3.63, 3.8) is 0 Å². The van der Waals surface area contributed by atoms with Crippen LogP contribution >= 0.6 is 0 Å². The zero-order chi connectivity index (χ0) is 20.2. The van der Waals surface area contributed by atoms with Gasteiger partial charge in [-0.15, -0.1) is 0 Å². The Kier molecular flexibility index (Phi) is 6.21. The number of hydrogen-bond acceptors (Lipinski definition) is 6. The monoisotopic (exact) mass is 395 g/mol. The number of morpholine rings is 1. The number of nitrogens with zero attached hydrogens (tertiary/aromatic N) is 3. The predicted molar refractivity (Wildman–Crippen MR) is 112 cm³/mol. The van der Waals surface area contributed by atoms with Crippen LogP contribution in [-0.4, -0.2) is 54.8 Å². The van der Waals surface area contributed by atoms with Crippen LogP contribution in [0.4, 0.5) is 5.82 Å². The average molecular weight is 396 g/mol. The minimum Gasteiger partial charge on any atom is -0.381 e. The van der Waals surface area contributed by atoms with Crippen LogP contribution in [0.15, 0.2) is 24.4 Å². The molecular formula is C23H29N3O3. The van der Waals surface area contributed by atoms with E-state index in [0.717, 1.165) is 66.2 Å².